The van der Waals surface area contributed by atoms with Crippen molar-refractivity contribution in [1.82, 2.24) is 5.32 Å². The molecule has 0 aliphatic heterocycles. The van der Waals surface area contributed by atoms with E-state index in [9.17, 15) is 14.5 Å². The zero-order chi connectivity index (χ0) is 14.4. The van der Waals surface area contributed by atoms with Gasteiger partial charge in [-0.05, 0) is 24.5 Å². The number of nitro groups is 1. The molecule has 1 unspecified atom stereocenters. The van der Waals surface area contributed by atoms with Crippen LogP contribution >= 0.6 is 0 Å². The molecular formula is C14H21FN2O2. The molecule has 19 heavy (non-hydrogen) atoms. The quantitative estimate of drug-likeness (QED) is 0.606. The second-order valence-electron chi connectivity index (χ2n) is 4.79. The lowest BCUT2D eigenvalue weighted by Crippen LogP contribution is -2.32. The van der Waals surface area contributed by atoms with Crippen LogP contribution in [0.25, 0.3) is 0 Å². The maximum atomic E-state index is 13.4. The zero-order valence-electron chi connectivity index (χ0n) is 11.6. The normalized spacial score (nSPS) is 12.7. The van der Waals surface area contributed by atoms with Gasteiger partial charge in [-0.1, -0.05) is 32.8 Å². The van der Waals surface area contributed by atoms with Crippen molar-refractivity contribution in [1.29, 1.82) is 0 Å². The summed E-state index contributed by atoms with van der Waals surface area (Å²) in [5, 5.41) is 13.9. The summed E-state index contributed by atoms with van der Waals surface area (Å²) in [6.07, 6.45) is 2.19. The molecule has 0 aliphatic carbocycles. The summed E-state index contributed by atoms with van der Waals surface area (Å²) in [6.45, 7) is 6.93. The van der Waals surface area contributed by atoms with Crippen LogP contribution in [0.2, 0.25) is 0 Å². The molecule has 0 aliphatic rings. The summed E-state index contributed by atoms with van der Waals surface area (Å²) in [7, 11) is 0. The molecule has 0 radical (unpaired) electrons. The van der Waals surface area contributed by atoms with E-state index in [4.69, 9.17) is 0 Å². The number of hydrogen-bond acceptors (Lipinski definition) is 3. The zero-order valence-corrected chi connectivity index (χ0v) is 11.6. The van der Waals surface area contributed by atoms with E-state index >= 15 is 0 Å². The molecule has 0 spiro atoms. The van der Waals surface area contributed by atoms with Crippen molar-refractivity contribution in [2.24, 2.45) is 5.92 Å². The van der Waals surface area contributed by atoms with Crippen LogP contribution in [0.1, 0.15) is 39.2 Å². The molecule has 0 aromatic heterocycles. The maximum absolute atomic E-state index is 13.4. The molecule has 1 aromatic carbocycles. The first-order valence-corrected chi connectivity index (χ1v) is 6.65. The molecule has 1 atom stereocenters. The van der Waals surface area contributed by atoms with Crippen molar-refractivity contribution in [2.75, 3.05) is 0 Å². The summed E-state index contributed by atoms with van der Waals surface area (Å²) in [4.78, 5) is 9.81. The second kappa shape index (κ2) is 7.19. The SMILES string of the molecule is CCC(CC)C(C)NCc1ccc([N+](=O)[O-])c(F)c1. The van der Waals surface area contributed by atoms with E-state index in [2.05, 4.69) is 26.1 Å². The highest BCUT2D eigenvalue weighted by atomic mass is 19.1. The van der Waals surface area contributed by atoms with Crippen molar-refractivity contribution in [3.63, 3.8) is 0 Å². The van der Waals surface area contributed by atoms with Gasteiger partial charge < -0.3 is 5.32 Å². The third-order valence-corrected chi connectivity index (χ3v) is 3.59. The molecule has 1 aromatic rings. The molecule has 0 heterocycles. The van der Waals surface area contributed by atoms with E-state index in [1.165, 1.54) is 12.1 Å². The van der Waals surface area contributed by atoms with Crippen LogP contribution in [-0.4, -0.2) is 11.0 Å². The minimum Gasteiger partial charge on any atom is -0.310 e. The summed E-state index contributed by atoms with van der Waals surface area (Å²) in [5.74, 6) is -0.192. The predicted octanol–water partition coefficient (Wildman–Crippen LogP) is 3.65. The Labute approximate surface area is 113 Å². The Morgan fingerprint density at radius 1 is 1.37 bits per heavy atom. The third kappa shape index (κ3) is 4.28. The highest BCUT2D eigenvalue weighted by Gasteiger charge is 2.15. The molecule has 4 nitrogen and oxygen atoms in total. The van der Waals surface area contributed by atoms with E-state index in [-0.39, 0.29) is 0 Å². The Kier molecular flexibility index (Phi) is 5.89. The fourth-order valence-electron chi connectivity index (χ4n) is 2.25. The maximum Gasteiger partial charge on any atom is 0.304 e. The van der Waals surface area contributed by atoms with Crippen molar-refractivity contribution in [3.8, 4) is 0 Å². The molecule has 0 amide bonds. The van der Waals surface area contributed by atoms with E-state index < -0.39 is 16.4 Å². The van der Waals surface area contributed by atoms with Crippen LogP contribution in [0.5, 0.6) is 0 Å². The van der Waals surface area contributed by atoms with Gasteiger partial charge in [-0.2, -0.15) is 4.39 Å². The highest BCUT2D eigenvalue weighted by molar-refractivity contribution is 5.34. The fourth-order valence-corrected chi connectivity index (χ4v) is 2.25. The topological polar surface area (TPSA) is 55.2 Å². The van der Waals surface area contributed by atoms with Crippen LogP contribution in [0, 0.1) is 21.8 Å². The molecule has 0 bridgehead atoms. The van der Waals surface area contributed by atoms with Gasteiger partial charge in [0.05, 0.1) is 4.92 Å². The molecule has 5 heteroatoms. The van der Waals surface area contributed by atoms with E-state index in [1.54, 1.807) is 6.07 Å². The number of nitrogens with zero attached hydrogens (tertiary/aromatic N) is 1. The smallest absolute Gasteiger partial charge is 0.304 e. The largest absolute Gasteiger partial charge is 0.310 e. The summed E-state index contributed by atoms with van der Waals surface area (Å²) in [6, 6.07) is 4.38. The standard InChI is InChI=1S/C14H21FN2O2/c1-4-12(5-2)10(3)16-9-11-6-7-14(17(18)19)13(15)8-11/h6-8,10,12,16H,4-5,9H2,1-3H3. The van der Waals surface area contributed by atoms with Crippen LogP contribution in [-0.2, 0) is 6.54 Å². The van der Waals surface area contributed by atoms with Crippen molar-refractivity contribution < 1.29 is 9.31 Å². The Bertz CT molecular complexity index is 433. The predicted molar refractivity (Wildman–Crippen MR) is 73.4 cm³/mol. The number of hydrogen-bond donors (Lipinski definition) is 1. The molecule has 1 N–H and O–H groups in total. The average Bonchev–Trinajstić information content (AvgIpc) is 2.37. The number of rotatable bonds is 7. The Balaban J connectivity index is 2.64. The summed E-state index contributed by atoms with van der Waals surface area (Å²) < 4.78 is 13.4. The van der Waals surface area contributed by atoms with E-state index in [0.717, 1.165) is 18.4 Å². The minimum atomic E-state index is -0.778. The van der Waals surface area contributed by atoms with Gasteiger partial charge in [0.1, 0.15) is 0 Å². The molecule has 1 rings (SSSR count). The van der Waals surface area contributed by atoms with E-state index in [1.807, 2.05) is 0 Å². The molecule has 0 saturated heterocycles. The lowest BCUT2D eigenvalue weighted by molar-refractivity contribution is -0.387. The average molecular weight is 268 g/mol. The van der Waals surface area contributed by atoms with Crippen molar-refractivity contribution in [2.45, 2.75) is 46.2 Å². The van der Waals surface area contributed by atoms with Crippen molar-refractivity contribution >= 4 is 5.69 Å². The Morgan fingerprint density at radius 2 is 2.00 bits per heavy atom. The van der Waals surface area contributed by atoms with Gasteiger partial charge in [0.2, 0.25) is 5.82 Å². The minimum absolute atomic E-state index is 0.341. The summed E-state index contributed by atoms with van der Waals surface area (Å²) >= 11 is 0. The Morgan fingerprint density at radius 3 is 2.47 bits per heavy atom. The third-order valence-electron chi connectivity index (χ3n) is 3.59. The van der Waals surface area contributed by atoms with Crippen LogP contribution in [0.3, 0.4) is 0 Å². The first-order valence-electron chi connectivity index (χ1n) is 6.65. The lowest BCUT2D eigenvalue weighted by Gasteiger charge is -2.22. The van der Waals surface area contributed by atoms with Gasteiger partial charge in [0.25, 0.3) is 0 Å². The second-order valence-corrected chi connectivity index (χ2v) is 4.79. The number of halogens is 1. The van der Waals surface area contributed by atoms with Gasteiger partial charge in [-0.3, -0.25) is 10.1 Å². The number of benzene rings is 1. The van der Waals surface area contributed by atoms with Gasteiger partial charge in [0, 0.05) is 18.7 Å². The van der Waals surface area contributed by atoms with Crippen molar-refractivity contribution in [3.05, 3.63) is 39.7 Å². The molecular weight excluding hydrogens is 247 g/mol. The van der Waals surface area contributed by atoms with E-state index in [0.29, 0.717) is 18.5 Å². The fraction of sp³-hybridized carbons (Fsp3) is 0.571. The monoisotopic (exact) mass is 268 g/mol. The van der Waals surface area contributed by atoms with Gasteiger partial charge in [0.15, 0.2) is 0 Å². The first kappa shape index (κ1) is 15.6. The Hall–Kier alpha value is -1.49. The molecule has 0 fully saturated rings. The lowest BCUT2D eigenvalue weighted by atomic mass is 9.95. The first-order chi connectivity index (χ1) is 8.99. The van der Waals surface area contributed by atoms with Crippen LogP contribution < -0.4 is 5.32 Å². The highest BCUT2D eigenvalue weighted by Crippen LogP contribution is 2.18. The van der Waals surface area contributed by atoms with Gasteiger partial charge in [-0.25, -0.2) is 0 Å². The number of nitro benzene ring substituents is 1. The molecule has 106 valence electrons. The van der Waals surface area contributed by atoms with Gasteiger partial charge >= 0.3 is 5.69 Å². The van der Waals surface area contributed by atoms with Crippen LogP contribution in [0.4, 0.5) is 10.1 Å². The number of nitrogens with one attached hydrogen (secondary N) is 1. The molecule has 0 saturated carbocycles. The summed E-state index contributed by atoms with van der Waals surface area (Å²) in [5.41, 5.74) is 0.248. The van der Waals surface area contributed by atoms with Crippen LogP contribution in [0.15, 0.2) is 18.2 Å². The van der Waals surface area contributed by atoms with Gasteiger partial charge in [-0.15, -0.1) is 0 Å².